The van der Waals surface area contributed by atoms with Crippen LogP contribution in [0.15, 0.2) is 34.6 Å². The summed E-state index contributed by atoms with van der Waals surface area (Å²) in [5, 5.41) is 10.1. The van der Waals surface area contributed by atoms with Crippen LogP contribution in [0, 0.1) is 0 Å². The Kier molecular flexibility index (Phi) is 10.2. The number of nitrogens with one attached hydrogen (secondary N) is 2. The molecule has 1 saturated heterocycles. The maximum absolute atomic E-state index is 5.45. The highest BCUT2D eigenvalue weighted by molar-refractivity contribution is 14.0. The first-order valence-corrected chi connectivity index (χ1v) is 10.4. The van der Waals surface area contributed by atoms with Crippen LogP contribution >= 0.6 is 35.3 Å². The summed E-state index contributed by atoms with van der Waals surface area (Å²) in [6.07, 6.45) is 0.984. The summed E-state index contributed by atoms with van der Waals surface area (Å²) >= 11 is 1.71. The van der Waals surface area contributed by atoms with Crippen LogP contribution in [0.1, 0.15) is 28.8 Å². The molecule has 28 heavy (non-hydrogen) atoms. The van der Waals surface area contributed by atoms with E-state index in [0.29, 0.717) is 6.54 Å². The summed E-state index contributed by atoms with van der Waals surface area (Å²) in [5.41, 5.74) is 3.72. The Morgan fingerprint density at radius 2 is 1.89 bits per heavy atom. The number of halogens is 1. The lowest BCUT2D eigenvalue weighted by Crippen LogP contribution is -2.37. The van der Waals surface area contributed by atoms with E-state index in [4.69, 9.17) is 4.74 Å². The van der Waals surface area contributed by atoms with Gasteiger partial charge in [0.05, 0.1) is 30.5 Å². The molecule has 2 heterocycles. The predicted molar refractivity (Wildman–Crippen MR) is 126 cm³/mol. The van der Waals surface area contributed by atoms with Gasteiger partial charge in [-0.05, 0) is 17.5 Å². The number of hydrogen-bond acceptors (Lipinski definition) is 5. The molecule has 8 heteroatoms. The number of nitrogens with zero attached hydrogens (tertiary/aromatic N) is 3. The van der Waals surface area contributed by atoms with Gasteiger partial charge >= 0.3 is 0 Å². The molecule has 3 rings (SSSR count). The maximum Gasteiger partial charge on any atom is 0.191 e. The van der Waals surface area contributed by atoms with Gasteiger partial charge in [0.25, 0.3) is 0 Å². The van der Waals surface area contributed by atoms with Crippen molar-refractivity contribution in [2.75, 3.05) is 33.4 Å². The van der Waals surface area contributed by atoms with E-state index in [1.54, 1.807) is 18.4 Å². The first-order chi connectivity index (χ1) is 13.3. The number of morpholine rings is 1. The Bertz CT molecular complexity index is 746. The Balaban J connectivity index is 0.00000280. The second-order valence-electron chi connectivity index (χ2n) is 6.52. The second kappa shape index (κ2) is 12.4. The van der Waals surface area contributed by atoms with Gasteiger partial charge in [0.15, 0.2) is 5.96 Å². The van der Waals surface area contributed by atoms with Gasteiger partial charge in [-0.25, -0.2) is 4.98 Å². The molecule has 6 nitrogen and oxygen atoms in total. The van der Waals surface area contributed by atoms with Crippen molar-refractivity contribution in [2.24, 2.45) is 4.99 Å². The number of rotatable bonds is 7. The Morgan fingerprint density at radius 1 is 1.18 bits per heavy atom. The molecule has 0 spiro atoms. The van der Waals surface area contributed by atoms with Gasteiger partial charge in [0.2, 0.25) is 0 Å². The molecule has 0 unspecified atom stereocenters. The van der Waals surface area contributed by atoms with Gasteiger partial charge in [0.1, 0.15) is 0 Å². The molecule has 0 radical (unpaired) electrons. The topological polar surface area (TPSA) is 61.8 Å². The number of benzene rings is 1. The van der Waals surface area contributed by atoms with E-state index < -0.39 is 0 Å². The van der Waals surface area contributed by atoms with E-state index >= 15 is 0 Å². The number of guanidine groups is 1. The van der Waals surface area contributed by atoms with E-state index in [0.717, 1.165) is 57.5 Å². The van der Waals surface area contributed by atoms with Crippen LogP contribution in [0.25, 0.3) is 0 Å². The minimum Gasteiger partial charge on any atom is -0.379 e. The van der Waals surface area contributed by atoms with Crippen molar-refractivity contribution in [3.05, 3.63) is 51.5 Å². The first kappa shape index (κ1) is 23.1. The van der Waals surface area contributed by atoms with Crippen molar-refractivity contribution in [1.82, 2.24) is 20.5 Å². The fraction of sp³-hybridized carbons (Fsp3) is 0.500. The normalized spacial score (nSPS) is 15.1. The molecular weight excluding hydrogens is 485 g/mol. The number of hydrogen-bond donors (Lipinski definition) is 2. The predicted octanol–water partition coefficient (Wildman–Crippen LogP) is 3.02. The van der Waals surface area contributed by atoms with Crippen LogP contribution in [-0.2, 0) is 30.8 Å². The second-order valence-corrected chi connectivity index (χ2v) is 7.47. The van der Waals surface area contributed by atoms with Crippen molar-refractivity contribution in [3.63, 3.8) is 0 Å². The van der Waals surface area contributed by atoms with Crippen LogP contribution in [0.2, 0.25) is 0 Å². The molecule has 0 aliphatic carbocycles. The minimum absolute atomic E-state index is 0. The summed E-state index contributed by atoms with van der Waals surface area (Å²) in [6, 6.07) is 8.60. The Labute approximate surface area is 188 Å². The molecule has 1 aliphatic heterocycles. The van der Waals surface area contributed by atoms with E-state index in [1.165, 1.54) is 16.1 Å². The molecule has 1 aliphatic rings. The molecule has 1 aromatic heterocycles. The van der Waals surface area contributed by atoms with Crippen molar-refractivity contribution in [2.45, 2.75) is 33.0 Å². The summed E-state index contributed by atoms with van der Waals surface area (Å²) in [6.45, 7) is 8.18. The highest BCUT2D eigenvalue weighted by Gasteiger charge is 2.13. The molecule has 0 bridgehead atoms. The number of aliphatic imine (C=N–C) groups is 1. The fourth-order valence-corrected chi connectivity index (χ4v) is 3.80. The minimum atomic E-state index is 0. The van der Waals surface area contributed by atoms with Crippen LogP contribution in [0.3, 0.4) is 0 Å². The monoisotopic (exact) mass is 515 g/mol. The van der Waals surface area contributed by atoms with Gasteiger partial charge < -0.3 is 15.4 Å². The van der Waals surface area contributed by atoms with Crippen LogP contribution in [0.5, 0.6) is 0 Å². The number of aromatic nitrogens is 1. The first-order valence-electron chi connectivity index (χ1n) is 9.53. The van der Waals surface area contributed by atoms with Crippen molar-refractivity contribution in [1.29, 1.82) is 0 Å². The highest BCUT2D eigenvalue weighted by atomic mass is 127. The average molecular weight is 515 g/mol. The van der Waals surface area contributed by atoms with Crippen LogP contribution in [-0.4, -0.2) is 49.2 Å². The fourth-order valence-electron chi connectivity index (χ4n) is 3.05. The van der Waals surface area contributed by atoms with Gasteiger partial charge in [-0.1, -0.05) is 31.2 Å². The Morgan fingerprint density at radius 3 is 2.57 bits per heavy atom. The molecule has 0 atom stereocenters. The number of thiazole rings is 1. The van der Waals surface area contributed by atoms with Crippen molar-refractivity contribution >= 4 is 41.3 Å². The molecule has 154 valence electrons. The van der Waals surface area contributed by atoms with Crippen LogP contribution < -0.4 is 10.6 Å². The number of ether oxygens (including phenoxy) is 1. The maximum atomic E-state index is 5.45. The van der Waals surface area contributed by atoms with Crippen molar-refractivity contribution < 1.29 is 4.74 Å². The molecule has 0 amide bonds. The molecular formula is C20H30IN5OS. The third kappa shape index (κ3) is 6.98. The third-order valence-electron chi connectivity index (χ3n) is 4.62. The quantitative estimate of drug-likeness (QED) is 0.338. The average Bonchev–Trinajstić information content (AvgIpc) is 3.18. The summed E-state index contributed by atoms with van der Waals surface area (Å²) in [7, 11) is 1.80. The summed E-state index contributed by atoms with van der Waals surface area (Å²) < 4.78 is 5.45. The third-order valence-corrected chi connectivity index (χ3v) is 5.67. The zero-order chi connectivity index (χ0) is 18.9. The van der Waals surface area contributed by atoms with Gasteiger partial charge in [0, 0.05) is 38.6 Å². The summed E-state index contributed by atoms with van der Waals surface area (Å²) in [5.74, 6) is 0.794. The number of aryl methyl sites for hydroxylation is 1. The van der Waals surface area contributed by atoms with E-state index in [2.05, 4.69) is 62.1 Å². The van der Waals surface area contributed by atoms with Gasteiger partial charge in [-0.2, -0.15) is 0 Å². The van der Waals surface area contributed by atoms with E-state index in [9.17, 15) is 0 Å². The molecule has 1 fully saturated rings. The zero-order valence-corrected chi connectivity index (χ0v) is 19.8. The Hall–Kier alpha value is -1.23. The van der Waals surface area contributed by atoms with E-state index in [1.807, 2.05) is 0 Å². The SMILES string of the molecule is CCc1nc(CNC(=NC)NCc2ccccc2CN2CCOCC2)cs1.I. The lowest BCUT2D eigenvalue weighted by atomic mass is 10.1. The molecule has 0 saturated carbocycles. The largest absolute Gasteiger partial charge is 0.379 e. The zero-order valence-electron chi connectivity index (χ0n) is 16.6. The lowest BCUT2D eigenvalue weighted by molar-refractivity contribution is 0.0341. The molecule has 2 aromatic rings. The van der Waals surface area contributed by atoms with E-state index in [-0.39, 0.29) is 24.0 Å². The van der Waals surface area contributed by atoms with Crippen LogP contribution in [0.4, 0.5) is 0 Å². The van der Waals surface area contributed by atoms with Gasteiger partial charge in [-0.3, -0.25) is 9.89 Å². The van der Waals surface area contributed by atoms with Gasteiger partial charge in [-0.15, -0.1) is 35.3 Å². The standard InChI is InChI=1S/C20H29N5OS.HI/c1-3-19-24-18(15-27-19)13-23-20(21-2)22-12-16-6-4-5-7-17(16)14-25-8-10-26-11-9-25;/h4-7,15H,3,8-14H2,1-2H3,(H2,21,22,23);1H. The highest BCUT2D eigenvalue weighted by Crippen LogP contribution is 2.13. The van der Waals surface area contributed by atoms with Crippen molar-refractivity contribution in [3.8, 4) is 0 Å². The smallest absolute Gasteiger partial charge is 0.191 e. The lowest BCUT2D eigenvalue weighted by Gasteiger charge is -2.27. The molecule has 1 aromatic carbocycles. The molecule has 2 N–H and O–H groups in total. The summed E-state index contributed by atoms with van der Waals surface area (Å²) in [4.78, 5) is 11.4.